The van der Waals surface area contributed by atoms with Gasteiger partial charge in [-0.25, -0.2) is 4.57 Å². The third kappa shape index (κ3) is 8.80. The van der Waals surface area contributed by atoms with Gasteiger partial charge in [0.15, 0.2) is 0 Å². The molecule has 1 aromatic rings. The van der Waals surface area contributed by atoms with E-state index >= 15 is 4.57 Å². The number of phosphoric acid groups is 1. The number of benzene rings is 1. The van der Waals surface area contributed by atoms with Gasteiger partial charge in [-0.2, -0.15) is 0 Å². The summed E-state index contributed by atoms with van der Waals surface area (Å²) in [6.07, 6.45) is 2.29. The number of rotatable bonds is 6. The monoisotopic (exact) mass is 578 g/mol. The van der Waals surface area contributed by atoms with Crippen LogP contribution in [-0.2, 0) is 24.4 Å². The third-order valence-corrected chi connectivity index (χ3v) is 9.43. The molecule has 2 fully saturated rings. The van der Waals surface area contributed by atoms with E-state index in [2.05, 4.69) is 127 Å². The van der Waals surface area contributed by atoms with Crippen molar-refractivity contribution in [1.29, 1.82) is 0 Å². The molecule has 2 N–H and O–H groups in total. The topological polar surface area (TPSA) is 68.8 Å². The number of hydrogen-bond donors (Lipinski definition) is 2. The molecule has 2 heterocycles. The minimum Gasteiger partial charge on any atom is -0.403 e. The highest BCUT2D eigenvalue weighted by atomic mass is 31.2. The highest BCUT2D eigenvalue weighted by Gasteiger charge is 2.47. The lowest BCUT2D eigenvalue weighted by molar-refractivity contribution is -0.00372. The van der Waals surface area contributed by atoms with Crippen LogP contribution in [0.1, 0.15) is 139 Å². The Labute approximate surface area is 245 Å². The Bertz CT molecular complexity index is 1010. The van der Waals surface area contributed by atoms with Crippen molar-refractivity contribution < 1.29 is 18.1 Å². The first-order valence-corrected chi connectivity index (χ1v) is 16.6. The molecule has 0 spiro atoms. The summed E-state index contributed by atoms with van der Waals surface area (Å²) in [6.45, 7) is 32.5. The molecule has 2 aliphatic heterocycles. The van der Waals surface area contributed by atoms with Crippen molar-refractivity contribution in [2.24, 2.45) is 0 Å². The van der Waals surface area contributed by atoms with Crippen molar-refractivity contribution in [2.75, 3.05) is 0 Å². The molecular weight excluding hydrogens is 519 g/mol. The van der Waals surface area contributed by atoms with Crippen LogP contribution >= 0.6 is 7.82 Å². The molecule has 0 aromatic heterocycles. The van der Waals surface area contributed by atoms with Crippen LogP contribution in [0.15, 0.2) is 12.1 Å². The van der Waals surface area contributed by atoms with Gasteiger partial charge in [0, 0.05) is 33.3 Å². The third-order valence-electron chi connectivity index (χ3n) is 7.91. The molecule has 0 radical (unpaired) electrons. The van der Waals surface area contributed by atoms with Gasteiger partial charge in [0.1, 0.15) is 5.75 Å². The second-order valence-electron chi connectivity index (χ2n) is 17.3. The molecule has 0 amide bonds. The van der Waals surface area contributed by atoms with Crippen LogP contribution in [-0.4, -0.2) is 34.4 Å². The normalized spacial score (nSPS) is 23.7. The summed E-state index contributed by atoms with van der Waals surface area (Å²) in [5.74, 6) is 0.633. The van der Waals surface area contributed by atoms with Gasteiger partial charge < -0.3 is 15.2 Å². The zero-order valence-corrected chi connectivity index (χ0v) is 29.1. The fraction of sp³-hybridized carbons (Fsp3) is 0.818. The van der Waals surface area contributed by atoms with Crippen LogP contribution in [0.4, 0.5) is 0 Å². The van der Waals surface area contributed by atoms with Crippen LogP contribution in [0.3, 0.4) is 0 Å². The molecule has 7 heteroatoms. The zero-order valence-electron chi connectivity index (χ0n) is 28.2. The van der Waals surface area contributed by atoms with E-state index in [1.807, 2.05) is 0 Å². The molecule has 230 valence electrons. The van der Waals surface area contributed by atoms with E-state index in [0.29, 0.717) is 31.4 Å². The lowest BCUT2D eigenvalue weighted by Gasteiger charge is -2.48. The molecule has 2 saturated heterocycles. The SMILES string of the molecule is Cc1cc(C(C)(C)C)c(OP(=O)(OC2CC(C)(C)NC(C)(C)C2)OC2CC(C)(C)NC(C)(C)C2)c(C(C)(C)C)c1. The van der Waals surface area contributed by atoms with E-state index in [4.69, 9.17) is 13.6 Å². The van der Waals surface area contributed by atoms with E-state index in [1.54, 1.807) is 0 Å². The van der Waals surface area contributed by atoms with Gasteiger partial charge >= 0.3 is 7.82 Å². The smallest absolute Gasteiger partial charge is 0.403 e. The molecule has 3 rings (SSSR count). The minimum absolute atomic E-state index is 0.174. The first-order chi connectivity index (χ1) is 17.7. The van der Waals surface area contributed by atoms with Crippen molar-refractivity contribution >= 4 is 7.82 Å². The number of piperidine rings is 2. The van der Waals surface area contributed by atoms with Gasteiger partial charge in [0.05, 0.1) is 12.2 Å². The summed E-state index contributed by atoms with van der Waals surface area (Å²) in [4.78, 5) is 0. The second-order valence-corrected chi connectivity index (χ2v) is 18.8. The number of aryl methyl sites for hydroxylation is 1. The maximum absolute atomic E-state index is 15.1. The van der Waals surface area contributed by atoms with Crippen molar-refractivity contribution in [3.63, 3.8) is 0 Å². The average Bonchev–Trinajstić information content (AvgIpc) is 2.61. The Hall–Kier alpha value is -0.910. The molecule has 40 heavy (non-hydrogen) atoms. The standard InChI is InChI=1S/C33H59N2O4P/c1-22-16-25(28(2,3)4)27(26(17-22)29(5,6)7)39-40(36,37-23-18-30(8,9)34-31(10,11)19-23)38-24-20-32(12,13)35-33(14,15)21-24/h16-17,23-24,34-35H,18-21H2,1-15H3. The van der Waals surface area contributed by atoms with E-state index < -0.39 is 7.82 Å². The number of hydrogen-bond acceptors (Lipinski definition) is 6. The van der Waals surface area contributed by atoms with Crippen molar-refractivity contribution in [2.45, 2.75) is 175 Å². The van der Waals surface area contributed by atoms with E-state index in [0.717, 1.165) is 16.7 Å². The summed E-state index contributed by atoms with van der Waals surface area (Å²) in [7, 11) is -4.07. The predicted octanol–water partition coefficient (Wildman–Crippen LogP) is 8.73. The average molecular weight is 579 g/mol. The molecule has 0 atom stereocenters. The maximum atomic E-state index is 15.1. The molecular formula is C33H59N2O4P. The second kappa shape index (κ2) is 10.7. The van der Waals surface area contributed by atoms with Gasteiger partial charge in [-0.3, -0.25) is 9.05 Å². The molecule has 0 bridgehead atoms. The summed E-state index contributed by atoms with van der Waals surface area (Å²) < 4.78 is 35.0. The van der Waals surface area contributed by atoms with Gasteiger partial charge in [0.25, 0.3) is 0 Å². The summed E-state index contributed by atoms with van der Waals surface area (Å²) in [6, 6.07) is 4.31. The van der Waals surface area contributed by atoms with E-state index in [1.165, 1.54) is 0 Å². The van der Waals surface area contributed by atoms with Gasteiger partial charge in [-0.05, 0) is 98.8 Å². The maximum Gasteiger partial charge on any atom is 0.530 e. The highest BCUT2D eigenvalue weighted by Crippen LogP contribution is 2.58. The zero-order chi connectivity index (χ0) is 30.7. The Kier molecular flexibility index (Phi) is 8.96. The van der Waals surface area contributed by atoms with Gasteiger partial charge in [-0.1, -0.05) is 59.2 Å². The van der Waals surface area contributed by atoms with Gasteiger partial charge in [-0.15, -0.1) is 0 Å². The first-order valence-electron chi connectivity index (χ1n) is 15.1. The van der Waals surface area contributed by atoms with Crippen LogP contribution in [0.2, 0.25) is 0 Å². The first kappa shape index (κ1) is 33.6. The molecule has 0 aliphatic carbocycles. The highest BCUT2D eigenvalue weighted by molar-refractivity contribution is 7.49. The Morgan fingerprint density at radius 2 is 0.975 bits per heavy atom. The summed E-state index contributed by atoms with van der Waals surface area (Å²) in [5.41, 5.74) is 2.03. The van der Waals surface area contributed by atoms with E-state index in [-0.39, 0.29) is 45.2 Å². The van der Waals surface area contributed by atoms with Crippen molar-refractivity contribution in [3.05, 3.63) is 28.8 Å². The number of nitrogens with one attached hydrogen (secondary N) is 2. The summed E-state index contributed by atoms with van der Waals surface area (Å²) >= 11 is 0. The minimum atomic E-state index is -4.07. The Balaban J connectivity index is 2.13. The van der Waals surface area contributed by atoms with Crippen LogP contribution in [0.25, 0.3) is 0 Å². The molecule has 1 aromatic carbocycles. The number of phosphoric ester groups is 1. The largest absolute Gasteiger partial charge is 0.530 e. The fourth-order valence-electron chi connectivity index (χ4n) is 7.14. The van der Waals surface area contributed by atoms with Gasteiger partial charge in [0.2, 0.25) is 0 Å². The van der Waals surface area contributed by atoms with Crippen LogP contribution in [0.5, 0.6) is 5.75 Å². The van der Waals surface area contributed by atoms with Crippen molar-refractivity contribution in [3.8, 4) is 5.75 Å². The molecule has 2 aliphatic rings. The predicted molar refractivity (Wildman–Crippen MR) is 168 cm³/mol. The van der Waals surface area contributed by atoms with Crippen molar-refractivity contribution in [1.82, 2.24) is 10.6 Å². The summed E-state index contributed by atoms with van der Waals surface area (Å²) in [5, 5.41) is 7.41. The Morgan fingerprint density at radius 3 is 1.25 bits per heavy atom. The Morgan fingerprint density at radius 1 is 0.675 bits per heavy atom. The van der Waals surface area contributed by atoms with E-state index in [9.17, 15) is 0 Å². The van der Waals surface area contributed by atoms with Crippen LogP contribution < -0.4 is 15.2 Å². The molecule has 6 nitrogen and oxygen atoms in total. The quantitative estimate of drug-likeness (QED) is 0.329. The lowest BCUT2D eigenvalue weighted by atomic mass is 9.78. The molecule has 0 unspecified atom stereocenters. The molecule has 0 saturated carbocycles. The van der Waals surface area contributed by atoms with Crippen LogP contribution in [0, 0.1) is 6.92 Å². The fourth-order valence-corrected chi connectivity index (χ4v) is 8.72. The lowest BCUT2D eigenvalue weighted by Crippen LogP contribution is -2.60.